The molecule has 1 aromatic carbocycles. The largest absolute Gasteiger partial charge is 0.496 e. The van der Waals surface area contributed by atoms with Gasteiger partial charge in [0.25, 0.3) is 5.91 Å². The second kappa shape index (κ2) is 6.08. The van der Waals surface area contributed by atoms with Gasteiger partial charge in [-0.3, -0.25) is 4.79 Å². The summed E-state index contributed by atoms with van der Waals surface area (Å²) in [7, 11) is 3.56. The molecule has 1 aliphatic heterocycles. The topological polar surface area (TPSA) is 84.8 Å². The molecule has 0 spiro atoms. The number of hydrogen-bond donors (Lipinski definition) is 2. The molecule has 0 bridgehead atoms. The number of amides is 1. The van der Waals surface area contributed by atoms with E-state index in [1.54, 1.807) is 13.3 Å². The SMILES string of the molecule is COc1ccccc1[C@@H]1CNC(=O)c2nc(-c3nccn3C)[nH]c2C1. The van der Waals surface area contributed by atoms with Crippen LogP contribution >= 0.6 is 0 Å². The number of rotatable bonds is 3. The maximum Gasteiger partial charge on any atom is 0.271 e. The first kappa shape index (κ1) is 15.4. The first-order chi connectivity index (χ1) is 12.2. The number of nitrogens with one attached hydrogen (secondary N) is 2. The van der Waals surface area contributed by atoms with E-state index in [0.717, 1.165) is 17.0 Å². The molecule has 0 saturated heterocycles. The van der Waals surface area contributed by atoms with Crippen molar-refractivity contribution in [2.75, 3.05) is 13.7 Å². The molecule has 2 N–H and O–H groups in total. The van der Waals surface area contributed by atoms with Crippen molar-refractivity contribution in [2.24, 2.45) is 7.05 Å². The van der Waals surface area contributed by atoms with Crippen LogP contribution in [-0.2, 0) is 13.5 Å². The second-order valence-electron chi connectivity index (χ2n) is 6.13. The van der Waals surface area contributed by atoms with E-state index in [4.69, 9.17) is 4.74 Å². The number of aromatic amines is 1. The third-order valence-corrected chi connectivity index (χ3v) is 4.57. The number of H-pyrrole nitrogens is 1. The number of imidazole rings is 2. The Morgan fingerprint density at radius 2 is 2.16 bits per heavy atom. The van der Waals surface area contributed by atoms with Crippen molar-refractivity contribution in [2.45, 2.75) is 12.3 Å². The highest BCUT2D eigenvalue weighted by atomic mass is 16.5. The van der Waals surface area contributed by atoms with Crippen molar-refractivity contribution < 1.29 is 9.53 Å². The van der Waals surface area contributed by atoms with Gasteiger partial charge in [0.1, 0.15) is 11.4 Å². The van der Waals surface area contributed by atoms with Crippen LogP contribution in [0.5, 0.6) is 5.75 Å². The highest BCUT2D eigenvalue weighted by Crippen LogP contribution is 2.31. The highest BCUT2D eigenvalue weighted by molar-refractivity contribution is 5.94. The summed E-state index contributed by atoms with van der Waals surface area (Å²) < 4.78 is 7.35. The standard InChI is InChI=1S/C18H19N5O2/c1-23-8-7-19-17(23)16-21-13-9-11(10-20-18(24)15(13)22-16)12-5-3-4-6-14(12)25-2/h3-8,11H,9-10H2,1-2H3,(H,20,24)(H,21,22)/t11-/m0/s1. The molecule has 3 aromatic rings. The Kier molecular flexibility index (Phi) is 3.76. The summed E-state index contributed by atoms with van der Waals surface area (Å²) >= 11 is 0. The monoisotopic (exact) mass is 337 g/mol. The number of aromatic nitrogens is 4. The molecule has 0 unspecified atom stereocenters. The molecule has 7 nitrogen and oxygen atoms in total. The van der Waals surface area contributed by atoms with Gasteiger partial charge in [0.15, 0.2) is 11.6 Å². The summed E-state index contributed by atoms with van der Waals surface area (Å²) in [6, 6.07) is 7.90. The number of methoxy groups -OCH3 is 1. The van der Waals surface area contributed by atoms with E-state index in [0.29, 0.717) is 30.3 Å². The van der Waals surface area contributed by atoms with E-state index < -0.39 is 0 Å². The van der Waals surface area contributed by atoms with Gasteiger partial charge >= 0.3 is 0 Å². The van der Waals surface area contributed by atoms with Gasteiger partial charge in [-0.2, -0.15) is 0 Å². The van der Waals surface area contributed by atoms with Gasteiger partial charge in [-0.15, -0.1) is 0 Å². The predicted molar refractivity (Wildman–Crippen MR) is 92.6 cm³/mol. The van der Waals surface area contributed by atoms with Crippen LogP contribution in [0.3, 0.4) is 0 Å². The summed E-state index contributed by atoms with van der Waals surface area (Å²) in [5, 5.41) is 2.97. The number of aryl methyl sites for hydroxylation is 1. The molecule has 1 aliphatic rings. The lowest BCUT2D eigenvalue weighted by Crippen LogP contribution is -2.26. The Morgan fingerprint density at radius 1 is 1.32 bits per heavy atom. The van der Waals surface area contributed by atoms with Gasteiger partial charge in [0.2, 0.25) is 0 Å². The van der Waals surface area contributed by atoms with Crippen LogP contribution in [0.15, 0.2) is 36.7 Å². The molecule has 3 heterocycles. The molecule has 7 heteroatoms. The number of nitrogens with zero attached hydrogens (tertiary/aromatic N) is 3. The minimum absolute atomic E-state index is 0.107. The van der Waals surface area contributed by atoms with E-state index in [-0.39, 0.29) is 11.8 Å². The third-order valence-electron chi connectivity index (χ3n) is 4.57. The van der Waals surface area contributed by atoms with Gasteiger partial charge in [0.05, 0.1) is 7.11 Å². The lowest BCUT2D eigenvalue weighted by molar-refractivity contribution is 0.0950. The summed E-state index contributed by atoms with van der Waals surface area (Å²) in [6.45, 7) is 0.543. The normalized spacial score (nSPS) is 16.9. The molecular formula is C18H19N5O2. The second-order valence-corrected chi connectivity index (χ2v) is 6.13. The first-order valence-electron chi connectivity index (χ1n) is 8.15. The van der Waals surface area contributed by atoms with Crippen LogP contribution in [0, 0.1) is 0 Å². The quantitative estimate of drug-likeness (QED) is 0.764. The molecule has 0 radical (unpaired) electrons. The average molecular weight is 337 g/mol. The van der Waals surface area contributed by atoms with Crippen molar-refractivity contribution in [3.05, 3.63) is 53.6 Å². The number of carbonyl (C=O) groups excluding carboxylic acids is 1. The molecule has 4 rings (SSSR count). The van der Waals surface area contributed by atoms with Crippen molar-refractivity contribution >= 4 is 5.91 Å². The number of hydrogen-bond acceptors (Lipinski definition) is 4. The van der Waals surface area contributed by atoms with Crippen LogP contribution in [0.2, 0.25) is 0 Å². The minimum Gasteiger partial charge on any atom is -0.496 e. The molecule has 0 saturated carbocycles. The van der Waals surface area contributed by atoms with Crippen LogP contribution < -0.4 is 10.1 Å². The Hall–Kier alpha value is -3.09. The smallest absolute Gasteiger partial charge is 0.271 e. The fourth-order valence-corrected chi connectivity index (χ4v) is 3.29. The predicted octanol–water partition coefficient (Wildman–Crippen LogP) is 1.89. The fourth-order valence-electron chi connectivity index (χ4n) is 3.29. The molecular weight excluding hydrogens is 318 g/mol. The van der Waals surface area contributed by atoms with Gasteiger partial charge in [-0.05, 0) is 18.1 Å². The van der Waals surface area contributed by atoms with Gasteiger partial charge in [0, 0.05) is 37.6 Å². The van der Waals surface area contributed by atoms with E-state index in [9.17, 15) is 4.79 Å². The van der Waals surface area contributed by atoms with Crippen LogP contribution in [0.25, 0.3) is 11.6 Å². The van der Waals surface area contributed by atoms with E-state index in [1.165, 1.54) is 0 Å². The van der Waals surface area contributed by atoms with E-state index in [2.05, 4.69) is 20.3 Å². The third kappa shape index (κ3) is 2.67. The van der Waals surface area contributed by atoms with Crippen molar-refractivity contribution in [1.82, 2.24) is 24.8 Å². The summed E-state index contributed by atoms with van der Waals surface area (Å²) in [6.07, 6.45) is 4.23. The maximum absolute atomic E-state index is 12.5. The van der Waals surface area contributed by atoms with Gasteiger partial charge in [-0.25, -0.2) is 9.97 Å². The lowest BCUT2D eigenvalue weighted by Gasteiger charge is -2.17. The molecule has 0 fully saturated rings. The van der Waals surface area contributed by atoms with Crippen LogP contribution in [-0.4, -0.2) is 39.1 Å². The highest BCUT2D eigenvalue weighted by Gasteiger charge is 2.28. The molecule has 25 heavy (non-hydrogen) atoms. The average Bonchev–Trinajstić information content (AvgIpc) is 3.20. The molecule has 1 atom stereocenters. The summed E-state index contributed by atoms with van der Waals surface area (Å²) in [4.78, 5) is 24.5. The number of benzene rings is 1. The Labute approximate surface area is 145 Å². The zero-order chi connectivity index (χ0) is 17.4. The number of fused-ring (bicyclic) bond motifs is 1. The fraction of sp³-hybridized carbons (Fsp3) is 0.278. The van der Waals surface area contributed by atoms with Gasteiger partial charge < -0.3 is 19.6 Å². The number of para-hydroxylation sites is 1. The lowest BCUT2D eigenvalue weighted by atomic mass is 9.93. The molecule has 0 aliphatic carbocycles. The maximum atomic E-state index is 12.5. The van der Waals surface area contributed by atoms with E-state index >= 15 is 0 Å². The van der Waals surface area contributed by atoms with E-state index in [1.807, 2.05) is 42.1 Å². The van der Waals surface area contributed by atoms with Crippen molar-refractivity contribution in [3.8, 4) is 17.4 Å². The minimum atomic E-state index is -0.163. The zero-order valence-electron chi connectivity index (χ0n) is 14.1. The molecule has 2 aromatic heterocycles. The molecule has 128 valence electrons. The van der Waals surface area contributed by atoms with Crippen LogP contribution in [0.4, 0.5) is 0 Å². The first-order valence-corrected chi connectivity index (χ1v) is 8.15. The summed E-state index contributed by atoms with van der Waals surface area (Å²) in [5.74, 6) is 2.08. The van der Waals surface area contributed by atoms with Crippen molar-refractivity contribution in [3.63, 3.8) is 0 Å². The Bertz CT molecular complexity index is 927. The van der Waals surface area contributed by atoms with Crippen LogP contribution in [0.1, 0.15) is 27.7 Å². The summed E-state index contributed by atoms with van der Waals surface area (Å²) in [5.41, 5.74) is 2.34. The van der Waals surface area contributed by atoms with Crippen molar-refractivity contribution in [1.29, 1.82) is 0 Å². The van der Waals surface area contributed by atoms with Gasteiger partial charge in [-0.1, -0.05) is 18.2 Å². The zero-order valence-corrected chi connectivity index (χ0v) is 14.1. The number of ether oxygens (including phenoxy) is 1. The Balaban J connectivity index is 1.73. The molecule has 1 amide bonds. The number of carbonyl (C=O) groups is 1. The Morgan fingerprint density at radius 3 is 2.92 bits per heavy atom.